The Labute approximate surface area is 66.2 Å². The lowest BCUT2D eigenvalue weighted by molar-refractivity contribution is 0.474. The minimum atomic E-state index is -3.89. The third-order valence-electron chi connectivity index (χ3n) is 1.58. The molecule has 0 aromatic heterocycles. The van der Waals surface area contributed by atoms with Crippen LogP contribution in [0.25, 0.3) is 0 Å². The minimum Gasteiger partial charge on any atom is -0.285 e. The zero-order valence-corrected chi connectivity index (χ0v) is 7.00. The van der Waals surface area contributed by atoms with Crippen molar-refractivity contribution in [1.82, 2.24) is 0 Å². The van der Waals surface area contributed by atoms with Gasteiger partial charge in [0.25, 0.3) is 10.1 Å². The van der Waals surface area contributed by atoms with E-state index >= 15 is 0 Å². The highest BCUT2D eigenvalue weighted by Gasteiger charge is 2.20. The zero-order chi connectivity index (χ0) is 8.48. The summed E-state index contributed by atoms with van der Waals surface area (Å²) in [5, 5.41) is -0.743. The van der Waals surface area contributed by atoms with Crippen LogP contribution in [0, 0.1) is 0 Å². The van der Waals surface area contributed by atoms with Gasteiger partial charge >= 0.3 is 0 Å². The van der Waals surface area contributed by atoms with Crippen LogP contribution in [-0.2, 0) is 10.1 Å². The average molecular weight is 174 g/mol. The molecule has 0 spiro atoms. The van der Waals surface area contributed by atoms with E-state index in [1.807, 2.05) is 6.08 Å². The van der Waals surface area contributed by atoms with Gasteiger partial charge in [-0.3, -0.25) is 4.55 Å². The van der Waals surface area contributed by atoms with E-state index in [0.717, 1.165) is 5.57 Å². The second-order valence-electron chi connectivity index (χ2n) is 2.60. The Balaban J connectivity index is 2.89. The molecule has 0 amide bonds. The molecule has 4 heteroatoms. The largest absolute Gasteiger partial charge is 0.285 e. The number of rotatable bonds is 1. The standard InChI is InChI=1S/C7H10O3S/c1-6-3-2-4-7(5-6)11(8,9)10/h2-3,5,7H,4H2,1H3,(H,8,9,10). The number of allylic oxidation sites excluding steroid dienone is 3. The van der Waals surface area contributed by atoms with Crippen molar-refractivity contribution in [2.45, 2.75) is 18.6 Å². The van der Waals surface area contributed by atoms with Crippen LogP contribution >= 0.6 is 0 Å². The maximum atomic E-state index is 10.6. The maximum absolute atomic E-state index is 10.6. The van der Waals surface area contributed by atoms with E-state index in [9.17, 15) is 8.42 Å². The van der Waals surface area contributed by atoms with E-state index in [-0.39, 0.29) is 0 Å². The lowest BCUT2D eigenvalue weighted by Gasteiger charge is -2.10. The SMILES string of the molecule is CC1=CC(S(=O)(=O)O)CC=C1. The van der Waals surface area contributed by atoms with Crippen LogP contribution in [0.5, 0.6) is 0 Å². The second kappa shape index (κ2) is 2.79. The number of hydrogen-bond acceptors (Lipinski definition) is 2. The van der Waals surface area contributed by atoms with E-state index in [1.165, 1.54) is 0 Å². The van der Waals surface area contributed by atoms with Crippen LogP contribution in [0.15, 0.2) is 23.8 Å². The van der Waals surface area contributed by atoms with Crippen molar-refractivity contribution in [3.8, 4) is 0 Å². The first kappa shape index (κ1) is 8.49. The normalized spacial score (nSPS) is 24.9. The van der Waals surface area contributed by atoms with Gasteiger partial charge in [0, 0.05) is 0 Å². The van der Waals surface area contributed by atoms with Crippen LogP contribution < -0.4 is 0 Å². The van der Waals surface area contributed by atoms with Gasteiger partial charge in [-0.2, -0.15) is 8.42 Å². The van der Waals surface area contributed by atoms with Gasteiger partial charge in [0.05, 0.1) is 0 Å². The van der Waals surface area contributed by atoms with Gasteiger partial charge in [-0.25, -0.2) is 0 Å². The Hall–Kier alpha value is -0.610. The maximum Gasteiger partial charge on any atom is 0.271 e. The molecule has 1 aliphatic rings. The van der Waals surface area contributed by atoms with Crippen LogP contribution in [0.2, 0.25) is 0 Å². The van der Waals surface area contributed by atoms with E-state index in [1.54, 1.807) is 19.1 Å². The van der Waals surface area contributed by atoms with Crippen molar-refractivity contribution in [2.24, 2.45) is 0 Å². The molecule has 0 radical (unpaired) electrons. The molecule has 0 saturated heterocycles. The van der Waals surface area contributed by atoms with Crippen LogP contribution in [0.3, 0.4) is 0 Å². The molecule has 11 heavy (non-hydrogen) atoms. The summed E-state index contributed by atoms with van der Waals surface area (Å²) < 4.78 is 29.9. The fourth-order valence-electron chi connectivity index (χ4n) is 1.01. The summed E-state index contributed by atoms with van der Waals surface area (Å²) in [6.07, 6.45) is 5.50. The van der Waals surface area contributed by atoms with Gasteiger partial charge < -0.3 is 0 Å². The van der Waals surface area contributed by atoms with Crippen LogP contribution in [0.1, 0.15) is 13.3 Å². The molecule has 0 saturated carbocycles. The van der Waals surface area contributed by atoms with Gasteiger partial charge in [-0.05, 0) is 13.3 Å². The Morgan fingerprint density at radius 1 is 1.64 bits per heavy atom. The average Bonchev–Trinajstić information content (AvgIpc) is 1.86. The van der Waals surface area contributed by atoms with Crippen LogP contribution in [0.4, 0.5) is 0 Å². The molecule has 0 fully saturated rings. The number of hydrogen-bond donors (Lipinski definition) is 1. The Kier molecular flexibility index (Phi) is 2.15. The van der Waals surface area contributed by atoms with Crippen molar-refractivity contribution in [1.29, 1.82) is 0 Å². The molecule has 1 N–H and O–H groups in total. The predicted molar refractivity (Wildman–Crippen MR) is 42.9 cm³/mol. The fourth-order valence-corrected chi connectivity index (χ4v) is 1.75. The molecular formula is C7H10O3S. The van der Waals surface area contributed by atoms with Gasteiger partial charge in [-0.15, -0.1) is 0 Å². The summed E-state index contributed by atoms with van der Waals surface area (Å²) in [6, 6.07) is 0. The summed E-state index contributed by atoms with van der Waals surface area (Å²) in [7, 11) is -3.89. The topological polar surface area (TPSA) is 54.4 Å². The second-order valence-corrected chi connectivity index (χ2v) is 4.24. The zero-order valence-electron chi connectivity index (χ0n) is 6.19. The molecule has 1 aliphatic carbocycles. The first-order chi connectivity index (χ1) is 5.00. The Bertz CT molecular complexity index is 298. The van der Waals surface area contributed by atoms with Crippen molar-refractivity contribution < 1.29 is 13.0 Å². The molecule has 62 valence electrons. The van der Waals surface area contributed by atoms with E-state index < -0.39 is 15.4 Å². The van der Waals surface area contributed by atoms with Gasteiger partial charge in [0.15, 0.2) is 0 Å². The van der Waals surface area contributed by atoms with Crippen LogP contribution in [-0.4, -0.2) is 18.2 Å². The Morgan fingerprint density at radius 2 is 2.27 bits per heavy atom. The van der Waals surface area contributed by atoms with Crippen molar-refractivity contribution in [3.63, 3.8) is 0 Å². The smallest absolute Gasteiger partial charge is 0.271 e. The van der Waals surface area contributed by atoms with Crippen molar-refractivity contribution in [3.05, 3.63) is 23.8 Å². The molecule has 3 nitrogen and oxygen atoms in total. The molecular weight excluding hydrogens is 164 g/mol. The predicted octanol–water partition coefficient (Wildman–Crippen LogP) is 1.15. The third-order valence-corrected chi connectivity index (χ3v) is 2.67. The third kappa shape index (κ3) is 2.17. The first-order valence-electron chi connectivity index (χ1n) is 3.31. The van der Waals surface area contributed by atoms with E-state index in [4.69, 9.17) is 4.55 Å². The molecule has 1 atom stereocenters. The summed E-state index contributed by atoms with van der Waals surface area (Å²) >= 11 is 0. The monoisotopic (exact) mass is 174 g/mol. The lowest BCUT2D eigenvalue weighted by atomic mass is 10.1. The molecule has 0 aromatic carbocycles. The quantitative estimate of drug-likeness (QED) is 0.607. The van der Waals surface area contributed by atoms with Gasteiger partial charge in [0.1, 0.15) is 5.25 Å². The first-order valence-corrected chi connectivity index (χ1v) is 4.82. The highest BCUT2D eigenvalue weighted by Crippen LogP contribution is 2.15. The van der Waals surface area contributed by atoms with Crippen molar-refractivity contribution >= 4 is 10.1 Å². The van der Waals surface area contributed by atoms with Crippen molar-refractivity contribution in [2.75, 3.05) is 0 Å². The highest BCUT2D eigenvalue weighted by atomic mass is 32.2. The molecule has 0 bridgehead atoms. The van der Waals surface area contributed by atoms with Gasteiger partial charge in [0.2, 0.25) is 0 Å². The molecule has 1 rings (SSSR count). The molecule has 1 unspecified atom stereocenters. The van der Waals surface area contributed by atoms with Gasteiger partial charge in [-0.1, -0.05) is 23.8 Å². The van der Waals surface area contributed by atoms with E-state index in [2.05, 4.69) is 0 Å². The summed E-state index contributed by atoms with van der Waals surface area (Å²) in [5.74, 6) is 0. The summed E-state index contributed by atoms with van der Waals surface area (Å²) in [6.45, 7) is 1.80. The lowest BCUT2D eigenvalue weighted by Crippen LogP contribution is -2.18. The molecule has 0 aliphatic heterocycles. The van der Waals surface area contributed by atoms with E-state index in [0.29, 0.717) is 6.42 Å². The highest BCUT2D eigenvalue weighted by molar-refractivity contribution is 7.86. The molecule has 0 heterocycles. The summed E-state index contributed by atoms with van der Waals surface area (Å²) in [4.78, 5) is 0. The fraction of sp³-hybridized carbons (Fsp3) is 0.429. The minimum absolute atomic E-state index is 0.371. The molecule has 0 aromatic rings. The summed E-state index contributed by atoms with van der Waals surface area (Å²) in [5.41, 5.74) is 0.874. The Morgan fingerprint density at radius 3 is 2.64 bits per heavy atom.